The van der Waals surface area contributed by atoms with Crippen LogP contribution in [0, 0.1) is 0 Å². The number of hydrogen-bond acceptors (Lipinski definition) is 5. The number of nitrogens with zero attached hydrogens (tertiary/aromatic N) is 5. The summed E-state index contributed by atoms with van der Waals surface area (Å²) < 4.78 is 39.0. The van der Waals surface area contributed by atoms with E-state index in [9.17, 15) is 18.0 Å². The molecule has 0 bridgehead atoms. The molecule has 1 amide bonds. The quantitative estimate of drug-likeness (QED) is 0.914. The highest BCUT2D eigenvalue weighted by molar-refractivity contribution is 5.81. The fourth-order valence-electron chi connectivity index (χ4n) is 1.82. The molecular formula is C12H15F3N6O. The summed E-state index contributed by atoms with van der Waals surface area (Å²) in [5.41, 5.74) is -0.0175. The molecule has 0 fully saturated rings. The molecule has 0 aliphatic heterocycles. The summed E-state index contributed by atoms with van der Waals surface area (Å²) in [5, 5.41) is 13.1. The van der Waals surface area contributed by atoms with Gasteiger partial charge in [0, 0.05) is 13.1 Å². The number of hydrogen-bond donors (Lipinski definition) is 1. The first-order valence-corrected chi connectivity index (χ1v) is 6.48. The molecule has 2 heterocycles. The summed E-state index contributed by atoms with van der Waals surface area (Å²) >= 11 is 0. The van der Waals surface area contributed by atoms with Crippen LogP contribution in [0.15, 0.2) is 12.1 Å². The van der Waals surface area contributed by atoms with Gasteiger partial charge >= 0.3 is 6.18 Å². The minimum Gasteiger partial charge on any atom is -0.352 e. The van der Waals surface area contributed by atoms with E-state index in [-0.39, 0.29) is 30.0 Å². The highest BCUT2D eigenvalue weighted by Gasteiger charge is 2.37. The zero-order valence-corrected chi connectivity index (χ0v) is 12.2. The van der Waals surface area contributed by atoms with Gasteiger partial charge in [-0.1, -0.05) is 0 Å². The van der Waals surface area contributed by atoms with E-state index in [1.165, 1.54) is 17.0 Å². The van der Waals surface area contributed by atoms with Crippen LogP contribution >= 0.6 is 0 Å². The van der Waals surface area contributed by atoms with Gasteiger partial charge < -0.3 is 10.2 Å². The number of alkyl halides is 3. The van der Waals surface area contributed by atoms with Crippen molar-refractivity contribution in [1.82, 2.24) is 25.1 Å². The molecule has 7 nitrogen and oxygen atoms in total. The minimum atomic E-state index is -4.65. The van der Waals surface area contributed by atoms with Crippen molar-refractivity contribution in [3.8, 4) is 0 Å². The van der Waals surface area contributed by atoms with Crippen molar-refractivity contribution < 1.29 is 18.0 Å². The van der Waals surface area contributed by atoms with Gasteiger partial charge in [-0.05, 0) is 26.0 Å². The van der Waals surface area contributed by atoms with E-state index in [1.54, 1.807) is 7.05 Å². The average molecular weight is 316 g/mol. The molecular weight excluding hydrogens is 301 g/mol. The van der Waals surface area contributed by atoms with E-state index in [4.69, 9.17) is 0 Å². The van der Waals surface area contributed by atoms with Crippen molar-refractivity contribution in [2.24, 2.45) is 0 Å². The number of likely N-dealkylation sites (N-methyl/N-ethyl adjacent to an activating group) is 1. The Hall–Kier alpha value is -2.39. The van der Waals surface area contributed by atoms with Crippen molar-refractivity contribution >= 4 is 17.4 Å². The predicted molar refractivity (Wildman–Crippen MR) is 72.3 cm³/mol. The van der Waals surface area contributed by atoms with Crippen LogP contribution in [0.4, 0.5) is 19.0 Å². The number of halogens is 3. The van der Waals surface area contributed by atoms with E-state index < -0.39 is 12.0 Å². The lowest BCUT2D eigenvalue weighted by Gasteiger charge is -2.18. The molecule has 0 radical (unpaired) electrons. The lowest BCUT2D eigenvalue weighted by Crippen LogP contribution is -2.39. The van der Waals surface area contributed by atoms with Crippen LogP contribution in [0.1, 0.15) is 19.7 Å². The first kappa shape index (κ1) is 16.0. The molecule has 1 N–H and O–H groups in total. The van der Waals surface area contributed by atoms with Crippen LogP contribution < -0.4 is 10.2 Å². The second-order valence-corrected chi connectivity index (χ2v) is 5.06. The van der Waals surface area contributed by atoms with E-state index >= 15 is 0 Å². The maximum absolute atomic E-state index is 12.8. The van der Waals surface area contributed by atoms with Crippen LogP contribution in [0.5, 0.6) is 0 Å². The second-order valence-electron chi connectivity index (χ2n) is 5.06. The van der Waals surface area contributed by atoms with Gasteiger partial charge in [-0.15, -0.1) is 15.3 Å². The van der Waals surface area contributed by atoms with Gasteiger partial charge in [0.1, 0.15) is 5.82 Å². The highest BCUT2D eigenvalue weighted by Crippen LogP contribution is 2.27. The second kappa shape index (κ2) is 5.78. The number of amides is 1. The molecule has 22 heavy (non-hydrogen) atoms. The summed E-state index contributed by atoms with van der Waals surface area (Å²) in [6.07, 6.45) is -4.65. The summed E-state index contributed by atoms with van der Waals surface area (Å²) in [4.78, 5) is 13.1. The summed E-state index contributed by atoms with van der Waals surface area (Å²) in [6.45, 7) is 3.60. The molecule has 2 aromatic heterocycles. The fourth-order valence-corrected chi connectivity index (χ4v) is 1.82. The van der Waals surface area contributed by atoms with Gasteiger partial charge in [-0.3, -0.25) is 4.79 Å². The van der Waals surface area contributed by atoms with Crippen molar-refractivity contribution in [2.75, 3.05) is 18.5 Å². The van der Waals surface area contributed by atoms with E-state index in [1.807, 2.05) is 13.8 Å². The molecule has 0 saturated carbocycles. The molecule has 0 saturated heterocycles. The molecule has 0 aromatic carbocycles. The monoisotopic (exact) mass is 316 g/mol. The van der Waals surface area contributed by atoms with Gasteiger partial charge in [0.2, 0.25) is 5.91 Å². The number of carbonyl (C=O) groups excluding carboxylic acids is 1. The zero-order valence-electron chi connectivity index (χ0n) is 12.2. The Labute approximate surface area is 124 Å². The Balaban J connectivity index is 2.26. The van der Waals surface area contributed by atoms with Crippen LogP contribution in [-0.4, -0.2) is 45.4 Å². The highest BCUT2D eigenvalue weighted by atomic mass is 19.4. The molecule has 0 aliphatic rings. The largest absolute Gasteiger partial charge is 0.453 e. The Morgan fingerprint density at radius 2 is 2.05 bits per heavy atom. The standard InChI is InChI=1S/C12H15F3N6O/c1-7(2)16-10(22)6-20(3)9-5-4-8-17-18-11(12(13,14)15)21(8)19-9/h4-5,7H,6H2,1-3H3,(H,16,22). The maximum Gasteiger partial charge on any atom is 0.453 e. The Morgan fingerprint density at radius 3 is 2.64 bits per heavy atom. The SMILES string of the molecule is CC(C)NC(=O)CN(C)c1ccc2nnc(C(F)(F)F)n2n1. The van der Waals surface area contributed by atoms with Crippen molar-refractivity contribution in [1.29, 1.82) is 0 Å². The van der Waals surface area contributed by atoms with Crippen LogP contribution in [0.2, 0.25) is 0 Å². The van der Waals surface area contributed by atoms with Gasteiger partial charge in [-0.25, -0.2) is 0 Å². The number of aromatic nitrogens is 4. The Kier molecular flexibility index (Phi) is 4.20. The van der Waals surface area contributed by atoms with Gasteiger partial charge in [0.05, 0.1) is 6.54 Å². The molecule has 10 heteroatoms. The summed E-state index contributed by atoms with van der Waals surface area (Å²) in [7, 11) is 1.56. The Bertz CT molecular complexity index is 681. The maximum atomic E-state index is 12.8. The third-order valence-electron chi connectivity index (χ3n) is 2.72. The molecule has 0 spiro atoms. The molecule has 120 valence electrons. The summed E-state index contributed by atoms with van der Waals surface area (Å²) in [5.74, 6) is -1.25. The third kappa shape index (κ3) is 3.43. The fraction of sp³-hybridized carbons (Fsp3) is 0.500. The number of rotatable bonds is 4. The zero-order chi connectivity index (χ0) is 16.5. The Morgan fingerprint density at radius 1 is 1.36 bits per heavy atom. The predicted octanol–water partition coefficient (Wildman–Crippen LogP) is 1.10. The topological polar surface area (TPSA) is 75.4 Å². The summed E-state index contributed by atoms with van der Waals surface area (Å²) in [6, 6.07) is 2.82. The molecule has 2 aromatic rings. The number of fused-ring (bicyclic) bond motifs is 1. The lowest BCUT2D eigenvalue weighted by molar-refractivity contribution is -0.146. The molecule has 0 atom stereocenters. The van der Waals surface area contributed by atoms with E-state index in [2.05, 4.69) is 20.6 Å². The molecule has 0 unspecified atom stereocenters. The van der Waals surface area contributed by atoms with Crippen molar-refractivity contribution in [3.05, 3.63) is 18.0 Å². The van der Waals surface area contributed by atoms with Crippen LogP contribution in [0.3, 0.4) is 0 Å². The van der Waals surface area contributed by atoms with E-state index in [0.717, 1.165) is 0 Å². The first-order valence-electron chi connectivity index (χ1n) is 6.48. The van der Waals surface area contributed by atoms with Gasteiger partial charge in [0.25, 0.3) is 5.82 Å². The number of carbonyl (C=O) groups is 1. The lowest BCUT2D eigenvalue weighted by atomic mass is 10.3. The smallest absolute Gasteiger partial charge is 0.352 e. The first-order chi connectivity index (χ1) is 10.2. The van der Waals surface area contributed by atoms with Crippen molar-refractivity contribution in [3.63, 3.8) is 0 Å². The number of anilines is 1. The van der Waals surface area contributed by atoms with Gasteiger partial charge in [-0.2, -0.15) is 17.7 Å². The molecule has 2 rings (SSSR count). The normalized spacial score (nSPS) is 12.0. The number of nitrogens with one attached hydrogen (secondary N) is 1. The molecule has 0 aliphatic carbocycles. The van der Waals surface area contributed by atoms with Gasteiger partial charge in [0.15, 0.2) is 5.65 Å². The minimum absolute atomic E-state index is 0.0175. The van der Waals surface area contributed by atoms with Crippen molar-refractivity contribution in [2.45, 2.75) is 26.1 Å². The average Bonchev–Trinajstić information content (AvgIpc) is 2.79. The van der Waals surface area contributed by atoms with Crippen LogP contribution in [0.25, 0.3) is 5.65 Å². The third-order valence-corrected chi connectivity index (χ3v) is 2.72. The van der Waals surface area contributed by atoms with E-state index in [0.29, 0.717) is 4.52 Å². The van der Waals surface area contributed by atoms with Crippen LogP contribution in [-0.2, 0) is 11.0 Å².